The lowest BCUT2D eigenvalue weighted by Gasteiger charge is -2.33. The molecule has 0 radical (unpaired) electrons. The molecule has 3 rings (SSSR count). The summed E-state index contributed by atoms with van der Waals surface area (Å²) in [5, 5.41) is 10.5. The van der Waals surface area contributed by atoms with Gasteiger partial charge >= 0.3 is 0 Å². The lowest BCUT2D eigenvalue weighted by Crippen LogP contribution is -2.56. The summed E-state index contributed by atoms with van der Waals surface area (Å²) in [5.41, 5.74) is 2.52. The van der Waals surface area contributed by atoms with Crippen molar-refractivity contribution in [3.63, 3.8) is 0 Å². The maximum Gasteiger partial charge on any atom is 0.134 e. The maximum atomic E-state index is 5.82. The molecular weight excluding hydrogens is 276 g/mol. The SMILES string of the molecule is CCN1CCNC(NCc2ccc(C3NCC(C)O3)cc2)C1. The number of nitrogens with one attached hydrogen (secondary N) is 3. The van der Waals surface area contributed by atoms with Gasteiger partial charge < -0.3 is 4.74 Å². The van der Waals surface area contributed by atoms with E-state index in [4.69, 9.17) is 4.74 Å². The zero-order valence-electron chi connectivity index (χ0n) is 13.6. The van der Waals surface area contributed by atoms with Gasteiger partial charge in [0.2, 0.25) is 0 Å². The third kappa shape index (κ3) is 4.06. The second-order valence-corrected chi connectivity index (χ2v) is 6.26. The first-order chi connectivity index (χ1) is 10.7. The van der Waals surface area contributed by atoms with E-state index in [1.807, 2.05) is 0 Å². The molecule has 22 heavy (non-hydrogen) atoms. The van der Waals surface area contributed by atoms with Crippen molar-refractivity contribution in [3.8, 4) is 0 Å². The first-order valence-electron chi connectivity index (χ1n) is 8.41. The zero-order chi connectivity index (χ0) is 15.4. The Balaban J connectivity index is 1.49. The van der Waals surface area contributed by atoms with Crippen molar-refractivity contribution in [2.75, 3.05) is 32.7 Å². The molecule has 3 atom stereocenters. The Kier molecular flexibility index (Phi) is 5.44. The van der Waals surface area contributed by atoms with Crippen LogP contribution in [0.25, 0.3) is 0 Å². The number of ether oxygens (including phenoxy) is 1. The summed E-state index contributed by atoms with van der Waals surface area (Å²) in [4.78, 5) is 2.47. The monoisotopic (exact) mass is 304 g/mol. The normalized spacial score (nSPS) is 29.8. The van der Waals surface area contributed by atoms with Crippen LogP contribution in [0.2, 0.25) is 0 Å². The van der Waals surface area contributed by atoms with Crippen molar-refractivity contribution in [2.45, 2.75) is 38.9 Å². The van der Waals surface area contributed by atoms with Crippen molar-refractivity contribution in [2.24, 2.45) is 0 Å². The maximum absolute atomic E-state index is 5.82. The quantitative estimate of drug-likeness (QED) is 0.759. The summed E-state index contributed by atoms with van der Waals surface area (Å²) in [6, 6.07) is 8.71. The molecule has 0 amide bonds. The van der Waals surface area contributed by atoms with Gasteiger partial charge in [0.15, 0.2) is 0 Å². The Hall–Kier alpha value is -0.980. The predicted octanol–water partition coefficient (Wildman–Crippen LogP) is 1.03. The molecule has 0 aromatic heterocycles. The predicted molar refractivity (Wildman–Crippen MR) is 88.5 cm³/mol. The molecule has 0 saturated carbocycles. The fraction of sp³-hybridized carbons (Fsp3) is 0.647. The van der Waals surface area contributed by atoms with Crippen molar-refractivity contribution in [3.05, 3.63) is 35.4 Å². The Labute approximate surface area is 133 Å². The summed E-state index contributed by atoms with van der Waals surface area (Å²) < 4.78 is 5.82. The summed E-state index contributed by atoms with van der Waals surface area (Å²) in [6.07, 6.45) is 0.731. The lowest BCUT2D eigenvalue weighted by atomic mass is 10.1. The smallest absolute Gasteiger partial charge is 0.134 e. The van der Waals surface area contributed by atoms with Crippen LogP contribution in [0.5, 0.6) is 0 Å². The van der Waals surface area contributed by atoms with Gasteiger partial charge in [0.25, 0.3) is 0 Å². The summed E-state index contributed by atoms with van der Waals surface area (Å²) >= 11 is 0. The first kappa shape index (κ1) is 15.9. The number of hydrogen-bond acceptors (Lipinski definition) is 5. The number of rotatable bonds is 5. The largest absolute Gasteiger partial charge is 0.355 e. The Morgan fingerprint density at radius 3 is 2.77 bits per heavy atom. The van der Waals surface area contributed by atoms with Crippen molar-refractivity contribution >= 4 is 0 Å². The van der Waals surface area contributed by atoms with Crippen LogP contribution in [0.15, 0.2) is 24.3 Å². The third-order valence-electron chi connectivity index (χ3n) is 4.50. The lowest BCUT2D eigenvalue weighted by molar-refractivity contribution is 0.0510. The van der Waals surface area contributed by atoms with Crippen LogP contribution in [0, 0.1) is 0 Å². The molecule has 0 bridgehead atoms. The summed E-state index contributed by atoms with van der Waals surface area (Å²) in [5.74, 6) is 0. The molecule has 122 valence electrons. The van der Waals surface area contributed by atoms with Gasteiger partial charge in [-0.15, -0.1) is 0 Å². The molecule has 2 saturated heterocycles. The van der Waals surface area contributed by atoms with Gasteiger partial charge in [-0.2, -0.15) is 0 Å². The molecule has 2 fully saturated rings. The van der Waals surface area contributed by atoms with Crippen molar-refractivity contribution in [1.82, 2.24) is 20.9 Å². The average molecular weight is 304 g/mol. The number of likely N-dealkylation sites (N-methyl/N-ethyl adjacent to an activating group) is 1. The van der Waals surface area contributed by atoms with E-state index in [0.29, 0.717) is 12.3 Å². The van der Waals surface area contributed by atoms with Gasteiger partial charge in [0, 0.05) is 32.7 Å². The molecule has 5 heteroatoms. The highest BCUT2D eigenvalue weighted by Gasteiger charge is 2.22. The van der Waals surface area contributed by atoms with Gasteiger partial charge in [0.05, 0.1) is 12.3 Å². The van der Waals surface area contributed by atoms with Crippen LogP contribution < -0.4 is 16.0 Å². The second kappa shape index (κ2) is 7.53. The van der Waals surface area contributed by atoms with Crippen molar-refractivity contribution in [1.29, 1.82) is 0 Å². The molecule has 2 heterocycles. The van der Waals surface area contributed by atoms with E-state index in [9.17, 15) is 0 Å². The van der Waals surface area contributed by atoms with Crippen LogP contribution >= 0.6 is 0 Å². The molecule has 0 spiro atoms. The molecule has 1 aromatic rings. The number of piperazine rings is 1. The Morgan fingerprint density at radius 1 is 1.27 bits per heavy atom. The van der Waals surface area contributed by atoms with Gasteiger partial charge in [-0.1, -0.05) is 31.2 Å². The Bertz CT molecular complexity index is 464. The van der Waals surface area contributed by atoms with E-state index in [1.165, 1.54) is 11.1 Å². The molecule has 2 aliphatic heterocycles. The standard InChI is InChI=1S/C17H28N4O/c1-3-21-9-8-18-16(12-21)19-11-14-4-6-15(7-5-14)17-20-10-13(2)22-17/h4-7,13,16-20H,3,8-12H2,1-2H3. The molecule has 3 unspecified atom stereocenters. The van der Waals surface area contributed by atoms with Crippen LogP contribution in [0.4, 0.5) is 0 Å². The van der Waals surface area contributed by atoms with Crippen LogP contribution in [-0.4, -0.2) is 49.9 Å². The fourth-order valence-electron chi connectivity index (χ4n) is 3.08. The van der Waals surface area contributed by atoms with Gasteiger partial charge in [-0.05, 0) is 24.6 Å². The molecule has 2 aliphatic rings. The number of benzene rings is 1. The average Bonchev–Trinajstić information content (AvgIpc) is 3.00. The minimum Gasteiger partial charge on any atom is -0.355 e. The van der Waals surface area contributed by atoms with E-state index in [0.717, 1.165) is 39.3 Å². The third-order valence-corrected chi connectivity index (χ3v) is 4.50. The van der Waals surface area contributed by atoms with E-state index in [1.54, 1.807) is 0 Å². The first-order valence-corrected chi connectivity index (χ1v) is 8.41. The van der Waals surface area contributed by atoms with E-state index in [-0.39, 0.29) is 6.23 Å². The molecular formula is C17H28N4O. The second-order valence-electron chi connectivity index (χ2n) is 6.26. The van der Waals surface area contributed by atoms with E-state index in [2.05, 4.69) is 59.0 Å². The zero-order valence-corrected chi connectivity index (χ0v) is 13.6. The minimum atomic E-state index is 0.0510. The highest BCUT2D eigenvalue weighted by Crippen LogP contribution is 2.21. The molecule has 3 N–H and O–H groups in total. The van der Waals surface area contributed by atoms with E-state index < -0.39 is 0 Å². The van der Waals surface area contributed by atoms with Crippen LogP contribution in [0.1, 0.15) is 31.2 Å². The van der Waals surface area contributed by atoms with Crippen molar-refractivity contribution < 1.29 is 4.74 Å². The molecule has 0 aliphatic carbocycles. The number of nitrogens with zero attached hydrogens (tertiary/aromatic N) is 1. The topological polar surface area (TPSA) is 48.6 Å². The Morgan fingerprint density at radius 2 is 2.09 bits per heavy atom. The number of hydrogen-bond donors (Lipinski definition) is 3. The highest BCUT2D eigenvalue weighted by atomic mass is 16.5. The highest BCUT2D eigenvalue weighted by molar-refractivity contribution is 5.24. The molecule has 1 aromatic carbocycles. The van der Waals surface area contributed by atoms with Gasteiger partial charge in [0.1, 0.15) is 6.23 Å². The summed E-state index contributed by atoms with van der Waals surface area (Å²) in [7, 11) is 0. The van der Waals surface area contributed by atoms with Crippen LogP contribution in [0.3, 0.4) is 0 Å². The minimum absolute atomic E-state index is 0.0510. The van der Waals surface area contributed by atoms with E-state index >= 15 is 0 Å². The molecule has 5 nitrogen and oxygen atoms in total. The fourth-order valence-corrected chi connectivity index (χ4v) is 3.08. The summed E-state index contributed by atoms with van der Waals surface area (Å²) in [6.45, 7) is 10.6. The van der Waals surface area contributed by atoms with Gasteiger partial charge in [-0.3, -0.25) is 20.9 Å². The van der Waals surface area contributed by atoms with Crippen LogP contribution in [-0.2, 0) is 11.3 Å². The van der Waals surface area contributed by atoms with Gasteiger partial charge in [-0.25, -0.2) is 0 Å².